The van der Waals surface area contributed by atoms with Crippen LogP contribution in [0.2, 0.25) is 0 Å². The standard InChI is InChI=1S/C14H16N4O/c1-9-7-17-5-4-10(9)8-18-14(19)12-3-2-11(15)6-13(12)16/h2-7H,8,15-16H2,1H3,(H,18,19). The minimum absolute atomic E-state index is 0.214. The number of rotatable bonds is 3. The number of anilines is 2. The van der Waals surface area contributed by atoms with Crippen LogP contribution < -0.4 is 16.8 Å². The van der Waals surface area contributed by atoms with Crippen molar-refractivity contribution < 1.29 is 4.79 Å². The van der Waals surface area contributed by atoms with E-state index in [1.54, 1.807) is 30.6 Å². The van der Waals surface area contributed by atoms with Gasteiger partial charge in [0, 0.05) is 30.3 Å². The van der Waals surface area contributed by atoms with Crippen molar-refractivity contribution in [3.8, 4) is 0 Å². The first-order valence-electron chi connectivity index (χ1n) is 5.90. The number of benzene rings is 1. The molecular formula is C14H16N4O. The summed E-state index contributed by atoms with van der Waals surface area (Å²) in [6.45, 7) is 2.39. The lowest BCUT2D eigenvalue weighted by Crippen LogP contribution is -2.24. The first-order chi connectivity index (χ1) is 9.08. The van der Waals surface area contributed by atoms with Gasteiger partial charge in [-0.1, -0.05) is 0 Å². The summed E-state index contributed by atoms with van der Waals surface area (Å²) >= 11 is 0. The number of pyridine rings is 1. The maximum atomic E-state index is 12.0. The minimum atomic E-state index is -0.214. The molecule has 0 fully saturated rings. The van der Waals surface area contributed by atoms with Gasteiger partial charge in [-0.05, 0) is 42.3 Å². The van der Waals surface area contributed by atoms with Crippen molar-refractivity contribution in [2.45, 2.75) is 13.5 Å². The Morgan fingerprint density at radius 1 is 1.32 bits per heavy atom. The number of carbonyl (C=O) groups is 1. The van der Waals surface area contributed by atoms with Crippen LogP contribution in [-0.4, -0.2) is 10.9 Å². The normalized spacial score (nSPS) is 10.2. The van der Waals surface area contributed by atoms with E-state index in [2.05, 4.69) is 10.3 Å². The summed E-state index contributed by atoms with van der Waals surface area (Å²) in [5.74, 6) is -0.214. The highest BCUT2D eigenvalue weighted by Gasteiger charge is 2.09. The second-order valence-corrected chi connectivity index (χ2v) is 4.33. The molecule has 1 amide bonds. The fourth-order valence-electron chi connectivity index (χ4n) is 1.76. The highest BCUT2D eigenvalue weighted by Crippen LogP contribution is 2.15. The van der Waals surface area contributed by atoms with E-state index in [1.807, 2.05) is 13.0 Å². The van der Waals surface area contributed by atoms with Crippen LogP contribution in [0.15, 0.2) is 36.7 Å². The van der Waals surface area contributed by atoms with Gasteiger partial charge in [-0.3, -0.25) is 9.78 Å². The van der Waals surface area contributed by atoms with Crippen molar-refractivity contribution in [2.24, 2.45) is 0 Å². The average Bonchev–Trinajstić information content (AvgIpc) is 2.37. The van der Waals surface area contributed by atoms with Gasteiger partial charge in [-0.15, -0.1) is 0 Å². The Morgan fingerprint density at radius 2 is 2.11 bits per heavy atom. The van der Waals surface area contributed by atoms with Crippen LogP contribution in [0.4, 0.5) is 11.4 Å². The van der Waals surface area contributed by atoms with Gasteiger partial charge in [0.05, 0.1) is 5.56 Å². The molecule has 0 bridgehead atoms. The summed E-state index contributed by atoms with van der Waals surface area (Å²) in [6.07, 6.45) is 3.46. The van der Waals surface area contributed by atoms with E-state index >= 15 is 0 Å². The number of nitrogens with two attached hydrogens (primary N) is 2. The van der Waals surface area contributed by atoms with E-state index in [0.29, 0.717) is 23.5 Å². The summed E-state index contributed by atoms with van der Waals surface area (Å²) in [5.41, 5.74) is 14.8. The number of nitrogens with one attached hydrogen (secondary N) is 1. The van der Waals surface area contributed by atoms with Crippen molar-refractivity contribution in [2.75, 3.05) is 11.5 Å². The van der Waals surface area contributed by atoms with Gasteiger partial charge in [-0.25, -0.2) is 0 Å². The predicted octanol–water partition coefficient (Wildman–Crippen LogP) is 1.48. The molecular weight excluding hydrogens is 240 g/mol. The van der Waals surface area contributed by atoms with E-state index in [9.17, 15) is 4.79 Å². The molecule has 2 aromatic rings. The Morgan fingerprint density at radius 3 is 2.79 bits per heavy atom. The average molecular weight is 256 g/mol. The molecule has 2 rings (SSSR count). The maximum Gasteiger partial charge on any atom is 0.253 e. The fourth-order valence-corrected chi connectivity index (χ4v) is 1.76. The maximum absolute atomic E-state index is 12.0. The van der Waals surface area contributed by atoms with Crippen molar-refractivity contribution in [1.82, 2.24) is 10.3 Å². The second kappa shape index (κ2) is 5.39. The summed E-state index contributed by atoms with van der Waals surface area (Å²) in [5, 5.41) is 2.83. The Labute approximate surface area is 111 Å². The summed E-state index contributed by atoms with van der Waals surface area (Å²) in [7, 11) is 0. The van der Waals surface area contributed by atoms with E-state index in [-0.39, 0.29) is 5.91 Å². The van der Waals surface area contributed by atoms with Gasteiger partial charge in [0.1, 0.15) is 0 Å². The first kappa shape index (κ1) is 12.9. The zero-order chi connectivity index (χ0) is 13.8. The lowest BCUT2D eigenvalue weighted by molar-refractivity contribution is 0.0952. The highest BCUT2D eigenvalue weighted by molar-refractivity contribution is 5.99. The number of nitrogens with zero attached hydrogens (tertiary/aromatic N) is 1. The molecule has 1 aromatic heterocycles. The van der Waals surface area contributed by atoms with Gasteiger partial charge < -0.3 is 16.8 Å². The number of amides is 1. The topological polar surface area (TPSA) is 94.0 Å². The Kier molecular flexibility index (Phi) is 3.66. The predicted molar refractivity (Wildman–Crippen MR) is 75.4 cm³/mol. The molecule has 5 nitrogen and oxygen atoms in total. The van der Waals surface area contributed by atoms with Crippen LogP contribution in [0.5, 0.6) is 0 Å². The van der Waals surface area contributed by atoms with Crippen LogP contribution in [0.3, 0.4) is 0 Å². The zero-order valence-electron chi connectivity index (χ0n) is 10.7. The van der Waals surface area contributed by atoms with E-state index < -0.39 is 0 Å². The SMILES string of the molecule is Cc1cnccc1CNC(=O)c1ccc(N)cc1N. The lowest BCUT2D eigenvalue weighted by atomic mass is 10.1. The van der Waals surface area contributed by atoms with Crippen LogP contribution in [-0.2, 0) is 6.54 Å². The zero-order valence-corrected chi connectivity index (χ0v) is 10.7. The van der Waals surface area contributed by atoms with Crippen LogP contribution in [0, 0.1) is 6.92 Å². The third-order valence-corrected chi connectivity index (χ3v) is 2.90. The van der Waals surface area contributed by atoms with Crippen molar-refractivity contribution in [3.05, 3.63) is 53.3 Å². The summed E-state index contributed by atoms with van der Waals surface area (Å²) in [6, 6.07) is 6.73. The number of hydrogen-bond acceptors (Lipinski definition) is 4. The molecule has 0 saturated carbocycles. The molecule has 0 aliphatic rings. The number of aromatic nitrogens is 1. The first-order valence-corrected chi connectivity index (χ1v) is 5.90. The Hall–Kier alpha value is -2.56. The summed E-state index contributed by atoms with van der Waals surface area (Å²) < 4.78 is 0. The molecule has 5 heteroatoms. The molecule has 0 atom stereocenters. The molecule has 0 aliphatic carbocycles. The molecule has 1 aromatic carbocycles. The molecule has 0 saturated heterocycles. The third-order valence-electron chi connectivity index (χ3n) is 2.90. The highest BCUT2D eigenvalue weighted by atomic mass is 16.1. The fraction of sp³-hybridized carbons (Fsp3) is 0.143. The second-order valence-electron chi connectivity index (χ2n) is 4.33. The molecule has 5 N–H and O–H groups in total. The van der Waals surface area contributed by atoms with Crippen LogP contribution in [0.1, 0.15) is 21.5 Å². The smallest absolute Gasteiger partial charge is 0.253 e. The molecule has 98 valence electrons. The van der Waals surface area contributed by atoms with Gasteiger partial charge >= 0.3 is 0 Å². The van der Waals surface area contributed by atoms with E-state index in [0.717, 1.165) is 11.1 Å². The molecule has 19 heavy (non-hydrogen) atoms. The van der Waals surface area contributed by atoms with Gasteiger partial charge in [0.15, 0.2) is 0 Å². The molecule has 0 spiro atoms. The van der Waals surface area contributed by atoms with Gasteiger partial charge in [0.25, 0.3) is 5.91 Å². The van der Waals surface area contributed by atoms with Crippen molar-refractivity contribution in [3.63, 3.8) is 0 Å². The van der Waals surface area contributed by atoms with E-state index in [1.165, 1.54) is 0 Å². The van der Waals surface area contributed by atoms with Crippen LogP contribution in [0.25, 0.3) is 0 Å². The lowest BCUT2D eigenvalue weighted by Gasteiger charge is -2.09. The van der Waals surface area contributed by atoms with E-state index in [4.69, 9.17) is 11.5 Å². The number of hydrogen-bond donors (Lipinski definition) is 3. The Balaban J connectivity index is 2.08. The van der Waals surface area contributed by atoms with Gasteiger partial charge in [0.2, 0.25) is 0 Å². The molecule has 1 heterocycles. The molecule has 0 unspecified atom stereocenters. The largest absolute Gasteiger partial charge is 0.399 e. The quantitative estimate of drug-likeness (QED) is 0.725. The van der Waals surface area contributed by atoms with Crippen molar-refractivity contribution in [1.29, 1.82) is 0 Å². The van der Waals surface area contributed by atoms with Gasteiger partial charge in [-0.2, -0.15) is 0 Å². The number of carbonyl (C=O) groups excluding carboxylic acids is 1. The minimum Gasteiger partial charge on any atom is -0.399 e. The number of nitrogen functional groups attached to an aromatic ring is 2. The monoisotopic (exact) mass is 256 g/mol. The van der Waals surface area contributed by atoms with Crippen molar-refractivity contribution >= 4 is 17.3 Å². The Bertz CT molecular complexity index is 610. The third kappa shape index (κ3) is 3.01. The van der Waals surface area contributed by atoms with Crippen LogP contribution >= 0.6 is 0 Å². The molecule has 0 radical (unpaired) electrons. The number of aryl methyl sites for hydroxylation is 1. The molecule has 0 aliphatic heterocycles. The summed E-state index contributed by atoms with van der Waals surface area (Å²) in [4.78, 5) is 16.0.